The quantitative estimate of drug-likeness (QED) is 0.730. The molecule has 0 bridgehead atoms. The van der Waals surface area contributed by atoms with Gasteiger partial charge in [-0.3, -0.25) is 9.89 Å². The van der Waals surface area contributed by atoms with E-state index >= 15 is 0 Å². The van der Waals surface area contributed by atoms with Crippen molar-refractivity contribution in [3.63, 3.8) is 0 Å². The third kappa shape index (κ3) is 2.38. The number of hydrogen-bond acceptors (Lipinski definition) is 2. The zero-order chi connectivity index (χ0) is 13.2. The van der Waals surface area contributed by atoms with E-state index in [0.717, 1.165) is 16.5 Å². The summed E-state index contributed by atoms with van der Waals surface area (Å²) in [6, 6.07) is 11.3. The molecule has 0 fully saturated rings. The van der Waals surface area contributed by atoms with E-state index in [1.807, 2.05) is 18.2 Å². The van der Waals surface area contributed by atoms with Gasteiger partial charge in [-0.1, -0.05) is 6.07 Å². The summed E-state index contributed by atoms with van der Waals surface area (Å²) in [5.74, 6) is -0.362. The summed E-state index contributed by atoms with van der Waals surface area (Å²) in [5.41, 5.74) is 2.38. The van der Waals surface area contributed by atoms with Gasteiger partial charge in [0.2, 0.25) is 0 Å². The molecule has 0 radical (unpaired) electrons. The zero-order valence-corrected chi connectivity index (χ0v) is 10.1. The molecule has 1 aromatic heterocycles. The summed E-state index contributed by atoms with van der Waals surface area (Å²) in [5, 5.41) is 7.78. The standard InChI is InChI=1S/C15H11FN2O/c16-13-4-2-11(3-5-13)15(19)8-10-1-6-14-12(7-10)9-17-18-14/h1-7,9H,8H2,(H,17,18). The number of carbonyl (C=O) groups excluding carboxylic acids is 1. The van der Waals surface area contributed by atoms with Crippen molar-refractivity contribution in [2.45, 2.75) is 6.42 Å². The Bertz CT molecular complexity index is 731. The van der Waals surface area contributed by atoms with E-state index in [9.17, 15) is 9.18 Å². The topological polar surface area (TPSA) is 45.8 Å². The number of H-pyrrole nitrogens is 1. The Morgan fingerprint density at radius 2 is 1.95 bits per heavy atom. The maximum atomic E-state index is 12.8. The molecule has 2 aromatic carbocycles. The number of ketones is 1. The molecule has 4 heteroatoms. The first-order valence-electron chi connectivity index (χ1n) is 5.93. The van der Waals surface area contributed by atoms with E-state index in [4.69, 9.17) is 0 Å². The van der Waals surface area contributed by atoms with Gasteiger partial charge in [-0.05, 0) is 42.0 Å². The highest BCUT2D eigenvalue weighted by atomic mass is 19.1. The fourth-order valence-electron chi connectivity index (χ4n) is 2.03. The molecule has 0 saturated carbocycles. The van der Waals surface area contributed by atoms with Crippen LogP contribution in [0.3, 0.4) is 0 Å². The number of hydrogen-bond donors (Lipinski definition) is 1. The Hall–Kier alpha value is -2.49. The molecule has 0 spiro atoms. The Labute approximate surface area is 109 Å². The van der Waals surface area contributed by atoms with Crippen LogP contribution in [0.1, 0.15) is 15.9 Å². The van der Waals surface area contributed by atoms with Gasteiger partial charge in [-0.25, -0.2) is 4.39 Å². The number of halogens is 1. The third-order valence-electron chi connectivity index (χ3n) is 3.04. The first kappa shape index (κ1) is 11.6. The van der Waals surface area contributed by atoms with Crippen molar-refractivity contribution in [2.75, 3.05) is 0 Å². The van der Waals surface area contributed by atoms with Crippen molar-refractivity contribution in [1.29, 1.82) is 0 Å². The van der Waals surface area contributed by atoms with Crippen LogP contribution in [0.2, 0.25) is 0 Å². The Balaban J connectivity index is 1.83. The van der Waals surface area contributed by atoms with Crippen LogP contribution in [-0.4, -0.2) is 16.0 Å². The fraction of sp³-hybridized carbons (Fsp3) is 0.0667. The van der Waals surface area contributed by atoms with Crippen LogP contribution >= 0.6 is 0 Å². The summed E-state index contributed by atoms with van der Waals surface area (Å²) < 4.78 is 12.8. The van der Waals surface area contributed by atoms with Crippen LogP contribution in [0.25, 0.3) is 10.9 Å². The van der Waals surface area contributed by atoms with Gasteiger partial charge in [0.05, 0.1) is 11.7 Å². The minimum absolute atomic E-state index is 0.0251. The van der Waals surface area contributed by atoms with Crippen molar-refractivity contribution in [1.82, 2.24) is 10.2 Å². The summed E-state index contributed by atoms with van der Waals surface area (Å²) in [7, 11) is 0. The molecule has 0 atom stereocenters. The second-order valence-electron chi connectivity index (χ2n) is 4.40. The summed E-state index contributed by atoms with van der Waals surface area (Å²) in [6.07, 6.45) is 2.02. The molecular formula is C15H11FN2O. The lowest BCUT2D eigenvalue weighted by molar-refractivity contribution is 0.0993. The number of aromatic amines is 1. The smallest absolute Gasteiger partial charge is 0.167 e. The first-order chi connectivity index (χ1) is 9.22. The van der Waals surface area contributed by atoms with Crippen LogP contribution in [0.15, 0.2) is 48.7 Å². The number of nitrogens with one attached hydrogen (secondary N) is 1. The highest BCUT2D eigenvalue weighted by molar-refractivity contribution is 5.97. The van der Waals surface area contributed by atoms with Crippen molar-refractivity contribution in [3.8, 4) is 0 Å². The molecular weight excluding hydrogens is 243 g/mol. The highest BCUT2D eigenvalue weighted by Gasteiger charge is 2.08. The SMILES string of the molecule is O=C(Cc1ccc2[nH]ncc2c1)c1ccc(F)cc1. The van der Waals surface area contributed by atoms with Gasteiger partial charge in [-0.15, -0.1) is 0 Å². The summed E-state index contributed by atoms with van der Waals surface area (Å²) in [4.78, 5) is 12.1. The number of aromatic nitrogens is 2. The lowest BCUT2D eigenvalue weighted by Gasteiger charge is -2.02. The molecule has 1 N–H and O–H groups in total. The number of rotatable bonds is 3. The van der Waals surface area contributed by atoms with Crippen molar-refractivity contribution >= 4 is 16.7 Å². The largest absolute Gasteiger partial charge is 0.294 e. The van der Waals surface area contributed by atoms with Crippen LogP contribution in [0.5, 0.6) is 0 Å². The van der Waals surface area contributed by atoms with E-state index in [1.54, 1.807) is 6.20 Å². The van der Waals surface area contributed by atoms with Gasteiger partial charge in [0.15, 0.2) is 5.78 Å². The molecule has 0 amide bonds. The van der Waals surface area contributed by atoms with Crippen LogP contribution in [0, 0.1) is 5.82 Å². The number of benzene rings is 2. The maximum Gasteiger partial charge on any atom is 0.167 e. The number of carbonyl (C=O) groups is 1. The molecule has 3 aromatic rings. The molecule has 1 heterocycles. The minimum Gasteiger partial charge on any atom is -0.294 e. The Morgan fingerprint density at radius 3 is 2.74 bits per heavy atom. The molecule has 94 valence electrons. The molecule has 0 saturated heterocycles. The average Bonchev–Trinajstić information content (AvgIpc) is 2.87. The average molecular weight is 254 g/mol. The minimum atomic E-state index is -0.337. The predicted octanol–water partition coefficient (Wildman–Crippen LogP) is 3.13. The van der Waals surface area contributed by atoms with Gasteiger partial charge in [-0.2, -0.15) is 5.10 Å². The first-order valence-corrected chi connectivity index (χ1v) is 5.93. The Morgan fingerprint density at radius 1 is 1.16 bits per heavy atom. The number of Topliss-reactive ketones (excluding diaryl/α,β-unsaturated/α-hetero) is 1. The zero-order valence-electron chi connectivity index (χ0n) is 10.1. The lowest BCUT2D eigenvalue weighted by atomic mass is 10.0. The third-order valence-corrected chi connectivity index (χ3v) is 3.04. The molecule has 0 aliphatic heterocycles. The van der Waals surface area contributed by atoms with Gasteiger partial charge in [0.25, 0.3) is 0 Å². The molecule has 0 unspecified atom stereocenters. The monoisotopic (exact) mass is 254 g/mol. The highest BCUT2D eigenvalue weighted by Crippen LogP contribution is 2.15. The molecule has 3 nitrogen and oxygen atoms in total. The fourth-order valence-corrected chi connectivity index (χ4v) is 2.03. The predicted molar refractivity (Wildman–Crippen MR) is 70.5 cm³/mol. The second-order valence-corrected chi connectivity index (χ2v) is 4.40. The van der Waals surface area contributed by atoms with Crippen molar-refractivity contribution < 1.29 is 9.18 Å². The molecule has 3 rings (SSSR count). The number of nitrogens with zero attached hydrogens (tertiary/aromatic N) is 1. The van der Waals surface area contributed by atoms with Gasteiger partial charge < -0.3 is 0 Å². The van der Waals surface area contributed by atoms with Crippen LogP contribution in [0.4, 0.5) is 4.39 Å². The van der Waals surface area contributed by atoms with Crippen LogP contribution in [-0.2, 0) is 6.42 Å². The summed E-state index contributed by atoms with van der Waals surface area (Å²) >= 11 is 0. The van der Waals surface area contributed by atoms with E-state index < -0.39 is 0 Å². The lowest BCUT2D eigenvalue weighted by Crippen LogP contribution is -2.03. The molecule has 0 aliphatic carbocycles. The van der Waals surface area contributed by atoms with Crippen molar-refractivity contribution in [3.05, 3.63) is 65.6 Å². The van der Waals surface area contributed by atoms with E-state index in [2.05, 4.69) is 10.2 Å². The maximum absolute atomic E-state index is 12.8. The summed E-state index contributed by atoms with van der Waals surface area (Å²) in [6.45, 7) is 0. The second kappa shape index (κ2) is 4.65. The Kier molecular flexibility index (Phi) is 2.83. The van der Waals surface area contributed by atoms with Crippen LogP contribution < -0.4 is 0 Å². The molecule has 0 aliphatic rings. The van der Waals surface area contributed by atoms with Crippen molar-refractivity contribution in [2.24, 2.45) is 0 Å². The molecule has 19 heavy (non-hydrogen) atoms. The van der Waals surface area contributed by atoms with E-state index in [0.29, 0.717) is 12.0 Å². The number of fused-ring (bicyclic) bond motifs is 1. The van der Waals surface area contributed by atoms with E-state index in [-0.39, 0.29) is 11.6 Å². The van der Waals surface area contributed by atoms with Gasteiger partial charge in [0.1, 0.15) is 5.82 Å². The van der Waals surface area contributed by atoms with E-state index in [1.165, 1.54) is 24.3 Å². The van der Waals surface area contributed by atoms with Gasteiger partial charge in [0, 0.05) is 17.4 Å². The normalized spacial score (nSPS) is 10.8. The van der Waals surface area contributed by atoms with Gasteiger partial charge >= 0.3 is 0 Å².